The Kier molecular flexibility index (Phi) is 6.33. The van der Waals surface area contributed by atoms with Gasteiger partial charge in [0.05, 0.1) is 0 Å². The van der Waals surface area contributed by atoms with Crippen LogP contribution in [-0.2, 0) is 16.1 Å². The van der Waals surface area contributed by atoms with E-state index in [4.69, 9.17) is 4.74 Å². The first-order valence-electron chi connectivity index (χ1n) is 10.7. The maximum atomic E-state index is 12.8. The lowest BCUT2D eigenvalue weighted by Gasteiger charge is -2.35. The molecule has 1 atom stereocenters. The monoisotopic (exact) mass is 407 g/mol. The number of rotatable bonds is 6. The minimum absolute atomic E-state index is 0.0214. The van der Waals surface area contributed by atoms with Crippen molar-refractivity contribution in [3.63, 3.8) is 0 Å². The molecular weight excluding hydrogens is 378 g/mol. The predicted octanol–water partition coefficient (Wildman–Crippen LogP) is 2.93. The van der Waals surface area contributed by atoms with Crippen LogP contribution >= 0.6 is 0 Å². The zero-order chi connectivity index (χ0) is 20.9. The second-order valence-corrected chi connectivity index (χ2v) is 7.99. The van der Waals surface area contributed by atoms with Crippen LogP contribution in [0.5, 0.6) is 5.75 Å². The fraction of sp³-hybridized carbons (Fsp3) is 0.417. The molecule has 0 unspecified atom stereocenters. The first-order valence-corrected chi connectivity index (χ1v) is 10.7. The fourth-order valence-electron chi connectivity index (χ4n) is 4.11. The van der Waals surface area contributed by atoms with Crippen LogP contribution in [-0.4, -0.2) is 60.4 Å². The highest BCUT2D eigenvalue weighted by Gasteiger charge is 2.26. The topological polar surface area (TPSA) is 53.1 Å². The van der Waals surface area contributed by atoms with Crippen LogP contribution in [0.25, 0.3) is 0 Å². The maximum Gasteiger partial charge on any atom is 0.263 e. The van der Waals surface area contributed by atoms with Gasteiger partial charge in [-0.1, -0.05) is 30.3 Å². The first kappa shape index (κ1) is 20.4. The van der Waals surface area contributed by atoms with Gasteiger partial charge in [0.25, 0.3) is 5.91 Å². The third kappa shape index (κ3) is 4.82. The Morgan fingerprint density at radius 3 is 2.30 bits per heavy atom. The van der Waals surface area contributed by atoms with Crippen LogP contribution in [0.1, 0.15) is 25.3 Å². The quantitative estimate of drug-likeness (QED) is 0.739. The molecule has 6 nitrogen and oxygen atoms in total. The minimum atomic E-state index is -0.537. The summed E-state index contributed by atoms with van der Waals surface area (Å²) < 4.78 is 5.89. The Hall–Kier alpha value is -2.86. The second kappa shape index (κ2) is 9.30. The molecule has 0 aromatic heterocycles. The van der Waals surface area contributed by atoms with Gasteiger partial charge in [0.15, 0.2) is 6.10 Å². The standard InChI is InChI=1S/C24H29N3O3/c1-19(30-22-11-9-21(10-12-22)27-13-5-8-23(27)28)24(29)26-16-14-25(15-17-26)18-20-6-3-2-4-7-20/h2-4,6-7,9-12,19H,5,8,13-18H2,1H3/t19-/m0/s1. The minimum Gasteiger partial charge on any atom is -0.481 e. The van der Waals surface area contributed by atoms with E-state index in [9.17, 15) is 9.59 Å². The van der Waals surface area contributed by atoms with Crippen molar-refractivity contribution in [2.24, 2.45) is 0 Å². The first-order chi connectivity index (χ1) is 14.6. The summed E-state index contributed by atoms with van der Waals surface area (Å²) >= 11 is 0. The highest BCUT2D eigenvalue weighted by atomic mass is 16.5. The molecule has 0 aliphatic carbocycles. The SMILES string of the molecule is C[C@H](Oc1ccc(N2CCCC2=O)cc1)C(=O)N1CCN(Cc2ccccc2)CC1. The number of piperazine rings is 1. The molecule has 0 spiro atoms. The number of amides is 2. The predicted molar refractivity (Wildman–Crippen MR) is 116 cm³/mol. The molecule has 2 aromatic carbocycles. The van der Waals surface area contributed by atoms with Crippen molar-refractivity contribution in [2.45, 2.75) is 32.4 Å². The largest absolute Gasteiger partial charge is 0.481 e. The number of ether oxygens (including phenoxy) is 1. The molecule has 2 aliphatic rings. The van der Waals surface area contributed by atoms with Gasteiger partial charge < -0.3 is 14.5 Å². The van der Waals surface area contributed by atoms with Gasteiger partial charge in [-0.05, 0) is 43.2 Å². The van der Waals surface area contributed by atoms with Gasteiger partial charge in [-0.3, -0.25) is 14.5 Å². The molecule has 2 aromatic rings. The van der Waals surface area contributed by atoms with Crippen LogP contribution in [0.3, 0.4) is 0 Å². The van der Waals surface area contributed by atoms with Gasteiger partial charge in [0.2, 0.25) is 5.91 Å². The van der Waals surface area contributed by atoms with Crippen molar-refractivity contribution in [1.29, 1.82) is 0 Å². The van der Waals surface area contributed by atoms with Gasteiger partial charge in [-0.2, -0.15) is 0 Å². The van der Waals surface area contributed by atoms with Gasteiger partial charge in [-0.25, -0.2) is 0 Å². The van der Waals surface area contributed by atoms with E-state index in [2.05, 4.69) is 29.2 Å². The molecule has 2 fully saturated rings. The summed E-state index contributed by atoms with van der Waals surface area (Å²) in [4.78, 5) is 30.8. The van der Waals surface area contributed by atoms with Crippen molar-refractivity contribution >= 4 is 17.5 Å². The van der Waals surface area contributed by atoms with Crippen LogP contribution in [0, 0.1) is 0 Å². The average molecular weight is 408 g/mol. The van der Waals surface area contributed by atoms with Crippen molar-refractivity contribution in [3.8, 4) is 5.75 Å². The van der Waals surface area contributed by atoms with Gasteiger partial charge in [0, 0.05) is 51.4 Å². The molecular formula is C24H29N3O3. The van der Waals surface area contributed by atoms with E-state index in [-0.39, 0.29) is 11.8 Å². The average Bonchev–Trinajstić information content (AvgIpc) is 3.21. The van der Waals surface area contributed by atoms with Crippen molar-refractivity contribution in [2.75, 3.05) is 37.6 Å². The second-order valence-electron chi connectivity index (χ2n) is 7.99. The molecule has 2 amide bonds. The van der Waals surface area contributed by atoms with E-state index >= 15 is 0 Å². The molecule has 0 N–H and O–H groups in total. The Morgan fingerprint density at radius 2 is 1.67 bits per heavy atom. The van der Waals surface area contributed by atoms with E-state index in [0.29, 0.717) is 12.2 Å². The number of nitrogens with zero attached hydrogens (tertiary/aromatic N) is 3. The van der Waals surface area contributed by atoms with Crippen LogP contribution in [0.2, 0.25) is 0 Å². The Morgan fingerprint density at radius 1 is 0.967 bits per heavy atom. The summed E-state index contributed by atoms with van der Waals surface area (Å²) in [6, 6.07) is 17.9. The molecule has 0 radical (unpaired) electrons. The number of carbonyl (C=O) groups is 2. The van der Waals surface area contributed by atoms with Crippen molar-refractivity contribution in [1.82, 2.24) is 9.80 Å². The Labute approximate surface area is 178 Å². The molecule has 30 heavy (non-hydrogen) atoms. The summed E-state index contributed by atoms with van der Waals surface area (Å²) in [5, 5.41) is 0. The molecule has 6 heteroatoms. The molecule has 0 saturated carbocycles. The lowest BCUT2D eigenvalue weighted by molar-refractivity contribution is -0.139. The Balaban J connectivity index is 1.26. The van der Waals surface area contributed by atoms with E-state index < -0.39 is 6.10 Å². The van der Waals surface area contributed by atoms with Crippen molar-refractivity contribution in [3.05, 3.63) is 60.2 Å². The number of benzene rings is 2. The summed E-state index contributed by atoms with van der Waals surface area (Å²) in [6.45, 7) is 6.66. The zero-order valence-corrected chi connectivity index (χ0v) is 17.5. The highest BCUT2D eigenvalue weighted by molar-refractivity contribution is 5.95. The molecule has 2 saturated heterocycles. The normalized spacial score (nSPS) is 18.5. The van der Waals surface area contributed by atoms with E-state index in [1.54, 1.807) is 11.8 Å². The van der Waals surface area contributed by atoms with Crippen LogP contribution < -0.4 is 9.64 Å². The number of anilines is 1. The van der Waals surface area contributed by atoms with Gasteiger partial charge in [0.1, 0.15) is 5.75 Å². The third-order valence-electron chi connectivity index (χ3n) is 5.82. The molecule has 4 rings (SSSR count). The fourth-order valence-corrected chi connectivity index (χ4v) is 4.11. The van der Waals surface area contributed by atoms with Crippen LogP contribution in [0.4, 0.5) is 5.69 Å². The van der Waals surface area contributed by atoms with Gasteiger partial charge in [-0.15, -0.1) is 0 Å². The number of carbonyl (C=O) groups excluding carboxylic acids is 2. The third-order valence-corrected chi connectivity index (χ3v) is 5.82. The van der Waals surface area contributed by atoms with Crippen molar-refractivity contribution < 1.29 is 14.3 Å². The lowest BCUT2D eigenvalue weighted by atomic mass is 10.2. The zero-order valence-electron chi connectivity index (χ0n) is 17.5. The molecule has 2 aliphatic heterocycles. The van der Waals surface area contributed by atoms with E-state index in [1.807, 2.05) is 35.2 Å². The number of hydrogen-bond donors (Lipinski definition) is 0. The Bertz CT molecular complexity index is 861. The number of hydrogen-bond acceptors (Lipinski definition) is 4. The van der Waals surface area contributed by atoms with Gasteiger partial charge >= 0.3 is 0 Å². The van der Waals surface area contributed by atoms with Crippen LogP contribution in [0.15, 0.2) is 54.6 Å². The summed E-state index contributed by atoms with van der Waals surface area (Å²) in [5.74, 6) is 0.834. The maximum absolute atomic E-state index is 12.8. The molecule has 158 valence electrons. The highest BCUT2D eigenvalue weighted by Crippen LogP contribution is 2.24. The molecule has 0 bridgehead atoms. The molecule has 2 heterocycles. The summed E-state index contributed by atoms with van der Waals surface area (Å²) in [5.41, 5.74) is 2.19. The van der Waals surface area contributed by atoms with E-state index in [0.717, 1.165) is 51.4 Å². The lowest BCUT2D eigenvalue weighted by Crippen LogP contribution is -2.51. The smallest absolute Gasteiger partial charge is 0.263 e. The van der Waals surface area contributed by atoms with E-state index in [1.165, 1.54) is 5.56 Å². The summed E-state index contributed by atoms with van der Waals surface area (Å²) in [7, 11) is 0. The summed E-state index contributed by atoms with van der Waals surface area (Å²) in [6.07, 6.45) is 0.980.